The van der Waals surface area contributed by atoms with Crippen molar-refractivity contribution in [2.75, 3.05) is 19.0 Å². The third-order valence-electron chi connectivity index (χ3n) is 6.09. The molecule has 0 radical (unpaired) electrons. The van der Waals surface area contributed by atoms with E-state index in [1.54, 1.807) is 17.9 Å². The summed E-state index contributed by atoms with van der Waals surface area (Å²) in [6, 6.07) is 7.65. The van der Waals surface area contributed by atoms with Crippen LogP contribution in [0.15, 0.2) is 24.3 Å². The molecule has 0 aliphatic carbocycles. The number of ether oxygens (including phenoxy) is 2. The van der Waals surface area contributed by atoms with Crippen molar-refractivity contribution < 1.29 is 9.47 Å². The molecule has 33 heavy (non-hydrogen) atoms. The van der Waals surface area contributed by atoms with Crippen LogP contribution >= 0.6 is 11.6 Å². The highest BCUT2D eigenvalue weighted by molar-refractivity contribution is 6.30. The molecule has 0 bridgehead atoms. The Morgan fingerprint density at radius 3 is 2.73 bits per heavy atom. The lowest BCUT2D eigenvalue weighted by Crippen LogP contribution is -2.19. The van der Waals surface area contributed by atoms with Crippen LogP contribution in [0.5, 0.6) is 5.75 Å². The first-order valence-electron chi connectivity index (χ1n) is 10.9. The Labute approximate surface area is 196 Å². The van der Waals surface area contributed by atoms with Crippen molar-refractivity contribution in [3.63, 3.8) is 0 Å². The van der Waals surface area contributed by atoms with Gasteiger partial charge in [-0.15, -0.1) is 5.10 Å². The van der Waals surface area contributed by atoms with E-state index in [0.717, 1.165) is 65.5 Å². The number of para-hydroxylation sites is 1. The average molecular weight is 468 g/mol. The van der Waals surface area contributed by atoms with Crippen LogP contribution in [0.2, 0.25) is 5.15 Å². The van der Waals surface area contributed by atoms with Crippen molar-refractivity contribution in [2.24, 2.45) is 7.05 Å². The summed E-state index contributed by atoms with van der Waals surface area (Å²) < 4.78 is 15.6. The Morgan fingerprint density at radius 2 is 2.03 bits per heavy atom. The molecule has 9 nitrogen and oxygen atoms in total. The molecule has 1 aliphatic rings. The molecule has 3 aromatic heterocycles. The Balaban J connectivity index is 1.60. The van der Waals surface area contributed by atoms with Crippen molar-refractivity contribution in [3.05, 3.63) is 40.9 Å². The minimum absolute atomic E-state index is 0.0833. The number of anilines is 2. The highest BCUT2D eigenvalue weighted by Crippen LogP contribution is 2.40. The summed E-state index contributed by atoms with van der Waals surface area (Å²) in [4.78, 5) is 9.40. The number of halogens is 1. The van der Waals surface area contributed by atoms with Crippen molar-refractivity contribution in [3.8, 4) is 17.0 Å². The smallest absolute Gasteiger partial charge is 0.166 e. The molecule has 172 valence electrons. The molecule has 0 spiro atoms. The molecule has 0 saturated carbocycles. The van der Waals surface area contributed by atoms with Crippen LogP contribution in [0.4, 0.5) is 11.4 Å². The summed E-state index contributed by atoms with van der Waals surface area (Å²) >= 11 is 6.45. The number of fused-ring (bicyclic) bond motifs is 1. The maximum atomic E-state index is 6.45. The van der Waals surface area contributed by atoms with Crippen LogP contribution in [-0.2, 0) is 11.8 Å². The van der Waals surface area contributed by atoms with Gasteiger partial charge in [0.05, 0.1) is 24.2 Å². The van der Waals surface area contributed by atoms with Gasteiger partial charge in [0, 0.05) is 25.3 Å². The Bertz CT molecular complexity index is 1320. The molecule has 1 aliphatic heterocycles. The second kappa shape index (κ2) is 8.64. The minimum atomic E-state index is -0.0833. The number of aryl methyl sites for hydroxylation is 2. The summed E-state index contributed by atoms with van der Waals surface area (Å²) in [5.41, 5.74) is 5.51. The standard InChI is InChI=1S/C23H26ClN7O2/c1-13-20(28-29-30(13)3)15-8-7-9-16(22(15)32-4)26-17-12-18(24)27-23-21(17)25-14(2)31(23)19-10-5-6-11-33-19/h7-9,12,19H,5-6,10-11H2,1-4H3,(H,26,27). The predicted molar refractivity (Wildman–Crippen MR) is 127 cm³/mol. The number of hydrogen-bond donors (Lipinski definition) is 1. The molecular weight excluding hydrogens is 442 g/mol. The number of imidazole rings is 1. The molecule has 4 aromatic rings. The first kappa shape index (κ1) is 21.7. The van der Waals surface area contributed by atoms with Gasteiger partial charge in [-0.2, -0.15) is 0 Å². The number of nitrogens with zero attached hydrogens (tertiary/aromatic N) is 6. The highest BCUT2D eigenvalue weighted by Gasteiger charge is 2.24. The van der Waals surface area contributed by atoms with E-state index in [1.807, 2.05) is 43.7 Å². The summed E-state index contributed by atoms with van der Waals surface area (Å²) in [5, 5.41) is 12.3. The van der Waals surface area contributed by atoms with E-state index in [9.17, 15) is 0 Å². The molecule has 1 aromatic carbocycles. The summed E-state index contributed by atoms with van der Waals surface area (Å²) in [7, 11) is 3.51. The van der Waals surface area contributed by atoms with Crippen molar-refractivity contribution in [1.82, 2.24) is 29.5 Å². The van der Waals surface area contributed by atoms with E-state index in [1.165, 1.54) is 0 Å². The van der Waals surface area contributed by atoms with Gasteiger partial charge in [0.25, 0.3) is 0 Å². The predicted octanol–water partition coefficient (Wildman–Crippen LogP) is 4.95. The molecule has 1 atom stereocenters. The lowest BCUT2D eigenvalue weighted by atomic mass is 10.1. The Kier molecular flexibility index (Phi) is 5.67. The third kappa shape index (κ3) is 3.81. The molecule has 10 heteroatoms. The topological polar surface area (TPSA) is 91.9 Å². The Morgan fingerprint density at radius 1 is 1.18 bits per heavy atom. The molecule has 1 unspecified atom stereocenters. The second-order valence-corrected chi connectivity index (χ2v) is 8.56. The number of benzene rings is 1. The van der Waals surface area contributed by atoms with Crippen LogP contribution in [0.3, 0.4) is 0 Å². The molecule has 1 saturated heterocycles. The summed E-state index contributed by atoms with van der Waals surface area (Å²) in [5.74, 6) is 1.50. The van der Waals surface area contributed by atoms with Gasteiger partial charge in [-0.25, -0.2) is 9.97 Å². The van der Waals surface area contributed by atoms with Gasteiger partial charge < -0.3 is 14.8 Å². The quantitative estimate of drug-likeness (QED) is 0.415. The molecule has 5 rings (SSSR count). The molecule has 4 heterocycles. The maximum absolute atomic E-state index is 6.45. The van der Waals surface area contributed by atoms with Crippen LogP contribution in [0, 0.1) is 13.8 Å². The van der Waals surface area contributed by atoms with Crippen LogP contribution in [0.1, 0.15) is 37.0 Å². The zero-order valence-electron chi connectivity index (χ0n) is 19.1. The Hall–Kier alpha value is -3.17. The van der Waals surface area contributed by atoms with E-state index in [2.05, 4.69) is 20.6 Å². The fourth-order valence-corrected chi connectivity index (χ4v) is 4.54. The van der Waals surface area contributed by atoms with E-state index in [4.69, 9.17) is 26.1 Å². The molecule has 1 fully saturated rings. The van der Waals surface area contributed by atoms with Crippen molar-refractivity contribution in [1.29, 1.82) is 0 Å². The van der Waals surface area contributed by atoms with Gasteiger partial charge in [0.15, 0.2) is 11.4 Å². The summed E-state index contributed by atoms with van der Waals surface area (Å²) in [6.07, 6.45) is 3.03. The van der Waals surface area contributed by atoms with Gasteiger partial charge in [0.1, 0.15) is 28.4 Å². The SMILES string of the molecule is COc1c(Nc2cc(Cl)nc3c2nc(C)n3C2CCCCO2)cccc1-c1nnn(C)c1C. The number of hydrogen-bond acceptors (Lipinski definition) is 7. The van der Waals surface area contributed by atoms with E-state index in [0.29, 0.717) is 16.5 Å². The molecular formula is C23H26ClN7O2. The van der Waals surface area contributed by atoms with Gasteiger partial charge in [0.2, 0.25) is 0 Å². The fraction of sp³-hybridized carbons (Fsp3) is 0.391. The fourth-order valence-electron chi connectivity index (χ4n) is 4.35. The number of nitrogens with one attached hydrogen (secondary N) is 1. The summed E-state index contributed by atoms with van der Waals surface area (Å²) in [6.45, 7) is 4.68. The zero-order valence-corrected chi connectivity index (χ0v) is 19.8. The molecule has 0 amide bonds. The maximum Gasteiger partial charge on any atom is 0.166 e. The lowest BCUT2D eigenvalue weighted by Gasteiger charge is -2.25. The largest absolute Gasteiger partial charge is 0.494 e. The van der Waals surface area contributed by atoms with Gasteiger partial charge in [-0.3, -0.25) is 9.25 Å². The van der Waals surface area contributed by atoms with E-state index in [-0.39, 0.29) is 6.23 Å². The lowest BCUT2D eigenvalue weighted by molar-refractivity contribution is -0.0309. The first-order valence-corrected chi connectivity index (χ1v) is 11.3. The van der Waals surface area contributed by atoms with Gasteiger partial charge >= 0.3 is 0 Å². The van der Waals surface area contributed by atoms with Gasteiger partial charge in [-0.1, -0.05) is 22.9 Å². The first-order chi connectivity index (χ1) is 16.0. The monoisotopic (exact) mass is 467 g/mol. The zero-order chi connectivity index (χ0) is 23.1. The van der Waals surface area contributed by atoms with Crippen molar-refractivity contribution >= 4 is 34.1 Å². The van der Waals surface area contributed by atoms with Gasteiger partial charge in [-0.05, 0) is 45.2 Å². The number of rotatable bonds is 5. The number of methoxy groups -OCH3 is 1. The van der Waals surface area contributed by atoms with Crippen molar-refractivity contribution in [2.45, 2.75) is 39.3 Å². The van der Waals surface area contributed by atoms with Crippen LogP contribution in [0.25, 0.3) is 22.4 Å². The highest BCUT2D eigenvalue weighted by atomic mass is 35.5. The van der Waals surface area contributed by atoms with Crippen LogP contribution < -0.4 is 10.1 Å². The average Bonchev–Trinajstić information content (AvgIpc) is 3.32. The van der Waals surface area contributed by atoms with Crippen LogP contribution in [-0.4, -0.2) is 43.2 Å². The second-order valence-electron chi connectivity index (χ2n) is 8.17. The normalized spacial score (nSPS) is 16.3. The number of aromatic nitrogens is 6. The minimum Gasteiger partial charge on any atom is -0.494 e. The number of pyridine rings is 1. The van der Waals surface area contributed by atoms with E-state index >= 15 is 0 Å². The third-order valence-corrected chi connectivity index (χ3v) is 6.28. The molecule has 1 N–H and O–H groups in total. The van der Waals surface area contributed by atoms with E-state index < -0.39 is 0 Å².